The molecule has 0 aliphatic rings. The van der Waals surface area contributed by atoms with Crippen molar-refractivity contribution in [2.24, 2.45) is 0 Å². The molecule has 1 rings (SSSR count). The second-order valence-electron chi connectivity index (χ2n) is 1.54. The SMILES string of the molecule is N#Cc1cnc(N)c(I)n1. The van der Waals surface area contributed by atoms with E-state index < -0.39 is 0 Å². The normalized spacial score (nSPS) is 8.80. The maximum absolute atomic E-state index is 8.36. The van der Waals surface area contributed by atoms with Gasteiger partial charge in [-0.15, -0.1) is 0 Å². The molecule has 1 aromatic heterocycles. The molecule has 10 heavy (non-hydrogen) atoms. The van der Waals surface area contributed by atoms with Crippen LogP contribution >= 0.6 is 22.6 Å². The summed E-state index contributed by atoms with van der Waals surface area (Å²) < 4.78 is 0.566. The number of hydrogen-bond acceptors (Lipinski definition) is 4. The van der Waals surface area contributed by atoms with Crippen LogP contribution in [0.3, 0.4) is 0 Å². The van der Waals surface area contributed by atoms with Crippen molar-refractivity contribution in [2.45, 2.75) is 0 Å². The van der Waals surface area contributed by atoms with E-state index in [4.69, 9.17) is 11.0 Å². The number of halogens is 1. The summed E-state index contributed by atoms with van der Waals surface area (Å²) in [6.07, 6.45) is 1.34. The number of aromatic nitrogens is 2. The number of hydrogen-bond donors (Lipinski definition) is 1. The molecule has 0 aliphatic carbocycles. The molecule has 0 bridgehead atoms. The molecule has 0 amide bonds. The number of nitrogen functional groups attached to an aromatic ring is 1. The highest BCUT2D eigenvalue weighted by atomic mass is 127. The van der Waals surface area contributed by atoms with Gasteiger partial charge in [-0.2, -0.15) is 5.26 Å². The molecule has 0 spiro atoms. The summed E-state index contributed by atoms with van der Waals surface area (Å²) in [5.41, 5.74) is 5.64. The monoisotopic (exact) mass is 246 g/mol. The minimum Gasteiger partial charge on any atom is -0.382 e. The first-order valence-corrected chi connectivity index (χ1v) is 3.50. The molecule has 0 saturated heterocycles. The predicted molar refractivity (Wildman–Crippen MR) is 43.9 cm³/mol. The smallest absolute Gasteiger partial charge is 0.160 e. The zero-order valence-corrected chi connectivity index (χ0v) is 7.03. The number of nitrogens with two attached hydrogens (primary N) is 1. The van der Waals surface area contributed by atoms with Gasteiger partial charge in [0.2, 0.25) is 0 Å². The van der Waals surface area contributed by atoms with Crippen LogP contribution in [0.25, 0.3) is 0 Å². The van der Waals surface area contributed by atoms with Gasteiger partial charge in [0.25, 0.3) is 0 Å². The summed E-state index contributed by atoms with van der Waals surface area (Å²) >= 11 is 1.92. The molecule has 0 saturated carbocycles. The highest BCUT2D eigenvalue weighted by Crippen LogP contribution is 2.07. The quantitative estimate of drug-likeness (QED) is 0.677. The minimum atomic E-state index is 0.290. The molecule has 0 atom stereocenters. The fraction of sp³-hybridized carbons (Fsp3) is 0. The summed E-state index contributed by atoms with van der Waals surface area (Å²) in [5, 5.41) is 8.36. The highest BCUT2D eigenvalue weighted by molar-refractivity contribution is 14.1. The van der Waals surface area contributed by atoms with E-state index >= 15 is 0 Å². The fourth-order valence-corrected chi connectivity index (χ4v) is 0.829. The van der Waals surface area contributed by atoms with Gasteiger partial charge >= 0.3 is 0 Å². The first-order chi connectivity index (χ1) is 4.74. The topological polar surface area (TPSA) is 75.6 Å². The Hall–Kier alpha value is -0.900. The molecule has 0 aliphatic heterocycles. The van der Waals surface area contributed by atoms with Crippen LogP contribution in [0.4, 0.5) is 5.82 Å². The van der Waals surface area contributed by atoms with Crippen LogP contribution < -0.4 is 5.73 Å². The molecule has 0 fully saturated rings. The Bertz CT molecular complexity index is 290. The largest absolute Gasteiger partial charge is 0.382 e. The van der Waals surface area contributed by atoms with Gasteiger partial charge in [0, 0.05) is 0 Å². The zero-order chi connectivity index (χ0) is 7.56. The number of nitriles is 1. The average Bonchev–Trinajstić information content (AvgIpc) is 1.95. The lowest BCUT2D eigenvalue weighted by Crippen LogP contribution is -1.97. The van der Waals surface area contributed by atoms with Crippen molar-refractivity contribution in [1.82, 2.24) is 9.97 Å². The maximum Gasteiger partial charge on any atom is 0.160 e. The van der Waals surface area contributed by atoms with E-state index in [1.807, 2.05) is 28.7 Å². The molecular weight excluding hydrogens is 243 g/mol. The summed E-state index contributed by atoms with van der Waals surface area (Å²) in [7, 11) is 0. The van der Waals surface area contributed by atoms with E-state index in [1.165, 1.54) is 6.20 Å². The van der Waals surface area contributed by atoms with Crippen molar-refractivity contribution >= 4 is 28.4 Å². The van der Waals surface area contributed by atoms with Crippen LogP contribution in [-0.4, -0.2) is 9.97 Å². The zero-order valence-electron chi connectivity index (χ0n) is 4.87. The summed E-state index contributed by atoms with van der Waals surface area (Å²) in [6, 6.07) is 1.86. The summed E-state index contributed by atoms with van der Waals surface area (Å²) in [5.74, 6) is 0.361. The van der Waals surface area contributed by atoms with Crippen molar-refractivity contribution in [3.63, 3.8) is 0 Å². The van der Waals surface area contributed by atoms with Gasteiger partial charge in [-0.25, -0.2) is 9.97 Å². The van der Waals surface area contributed by atoms with Crippen molar-refractivity contribution in [3.8, 4) is 6.07 Å². The van der Waals surface area contributed by atoms with Crippen molar-refractivity contribution in [2.75, 3.05) is 5.73 Å². The third kappa shape index (κ3) is 1.33. The van der Waals surface area contributed by atoms with E-state index in [0.717, 1.165) is 0 Å². The van der Waals surface area contributed by atoms with E-state index in [-0.39, 0.29) is 0 Å². The molecule has 1 aromatic rings. The molecule has 0 aromatic carbocycles. The lowest BCUT2D eigenvalue weighted by Gasteiger charge is -1.93. The van der Waals surface area contributed by atoms with Crippen LogP contribution in [0, 0.1) is 15.0 Å². The van der Waals surface area contributed by atoms with Crippen LogP contribution in [0.1, 0.15) is 5.69 Å². The number of rotatable bonds is 0. The molecule has 0 radical (unpaired) electrons. The lowest BCUT2D eigenvalue weighted by atomic mass is 10.5. The van der Waals surface area contributed by atoms with Crippen LogP contribution in [-0.2, 0) is 0 Å². The number of nitrogens with zero attached hydrogens (tertiary/aromatic N) is 3. The molecule has 1 heterocycles. The third-order valence-corrected chi connectivity index (χ3v) is 1.66. The standard InChI is InChI=1S/C5H3IN4/c6-4-5(8)9-2-3(1-7)10-4/h2H,(H2,8,9). The maximum atomic E-state index is 8.36. The Balaban J connectivity index is 3.20. The first kappa shape index (κ1) is 7.21. The fourth-order valence-electron chi connectivity index (χ4n) is 0.430. The van der Waals surface area contributed by atoms with Gasteiger partial charge in [-0.05, 0) is 22.6 Å². The van der Waals surface area contributed by atoms with Crippen LogP contribution in [0.15, 0.2) is 6.20 Å². The Morgan fingerprint density at radius 2 is 2.40 bits per heavy atom. The second-order valence-corrected chi connectivity index (χ2v) is 2.56. The lowest BCUT2D eigenvalue weighted by molar-refractivity contribution is 1.14. The summed E-state index contributed by atoms with van der Waals surface area (Å²) in [6.45, 7) is 0. The minimum absolute atomic E-state index is 0.290. The van der Waals surface area contributed by atoms with Gasteiger partial charge in [-0.3, -0.25) is 0 Å². The molecule has 4 nitrogen and oxygen atoms in total. The first-order valence-electron chi connectivity index (χ1n) is 2.42. The molecule has 5 heteroatoms. The van der Waals surface area contributed by atoms with E-state index in [0.29, 0.717) is 15.2 Å². The van der Waals surface area contributed by atoms with E-state index in [1.54, 1.807) is 0 Å². The molecule has 2 N–H and O–H groups in total. The van der Waals surface area contributed by atoms with Gasteiger partial charge in [0.05, 0.1) is 6.20 Å². The molecular formula is C5H3IN4. The second kappa shape index (κ2) is 2.79. The van der Waals surface area contributed by atoms with Gasteiger partial charge in [0.15, 0.2) is 11.5 Å². The van der Waals surface area contributed by atoms with E-state index in [9.17, 15) is 0 Å². The number of anilines is 1. The Morgan fingerprint density at radius 3 is 2.90 bits per heavy atom. The third-order valence-electron chi connectivity index (χ3n) is 0.870. The Kier molecular flexibility index (Phi) is 2.01. The van der Waals surface area contributed by atoms with Gasteiger partial charge < -0.3 is 5.73 Å². The predicted octanol–water partition coefficient (Wildman–Crippen LogP) is 0.535. The van der Waals surface area contributed by atoms with Gasteiger partial charge in [0.1, 0.15) is 9.77 Å². The molecule has 50 valence electrons. The molecule has 0 unspecified atom stereocenters. The van der Waals surface area contributed by atoms with Crippen LogP contribution in [0.5, 0.6) is 0 Å². The van der Waals surface area contributed by atoms with Crippen molar-refractivity contribution in [3.05, 3.63) is 15.6 Å². The Morgan fingerprint density at radius 1 is 1.70 bits per heavy atom. The van der Waals surface area contributed by atoms with Crippen LogP contribution in [0.2, 0.25) is 0 Å². The highest BCUT2D eigenvalue weighted by Gasteiger charge is 1.98. The Labute approximate surface area is 71.2 Å². The summed E-state index contributed by atoms with van der Waals surface area (Å²) in [4.78, 5) is 7.56. The average molecular weight is 246 g/mol. The van der Waals surface area contributed by atoms with Gasteiger partial charge in [-0.1, -0.05) is 0 Å². The van der Waals surface area contributed by atoms with Crippen molar-refractivity contribution in [1.29, 1.82) is 5.26 Å². The van der Waals surface area contributed by atoms with Crippen molar-refractivity contribution < 1.29 is 0 Å². The van der Waals surface area contributed by atoms with E-state index in [2.05, 4.69) is 9.97 Å².